The first-order chi connectivity index (χ1) is 10.6. The van der Waals surface area contributed by atoms with Crippen LogP contribution in [0, 0.1) is 0 Å². The van der Waals surface area contributed by atoms with E-state index in [9.17, 15) is 9.59 Å². The average molecular weight is 309 g/mol. The van der Waals surface area contributed by atoms with Crippen LogP contribution in [0.5, 0.6) is 5.75 Å². The maximum Gasteiger partial charge on any atom is 0.512 e. The smallest absolute Gasteiger partial charge is 0.497 e. The van der Waals surface area contributed by atoms with Crippen LogP contribution in [0.2, 0.25) is 0 Å². The first kappa shape index (κ1) is 15.5. The van der Waals surface area contributed by atoms with Crippen molar-refractivity contribution < 1.29 is 33.3 Å². The number of anilines is 1. The molecule has 2 rings (SSSR count). The number of hydrogen-bond donors (Lipinski definition) is 0. The standard InChI is InChI=1S/C14H15NO7/c1-18-10-4-5-11-9(8-10)6-7-21-13(22-14(17)20-3)15(11)12(16)19-2/h4-8,13H,1-3H3. The monoisotopic (exact) mass is 309 g/mol. The molecular weight excluding hydrogens is 294 g/mol. The van der Waals surface area contributed by atoms with Crippen LogP contribution in [0.1, 0.15) is 5.56 Å². The van der Waals surface area contributed by atoms with E-state index in [0.29, 0.717) is 17.0 Å². The Bertz CT molecular complexity index is 599. The summed E-state index contributed by atoms with van der Waals surface area (Å²) in [6.07, 6.45) is -0.206. The van der Waals surface area contributed by atoms with E-state index in [0.717, 1.165) is 12.0 Å². The summed E-state index contributed by atoms with van der Waals surface area (Å²) in [5.74, 6) is 0.598. The lowest BCUT2D eigenvalue weighted by Gasteiger charge is -2.27. The SMILES string of the molecule is COC(=O)OC1OC=Cc2cc(OC)ccc2N1C(=O)OC. The van der Waals surface area contributed by atoms with E-state index in [-0.39, 0.29) is 0 Å². The third kappa shape index (κ3) is 3.05. The maximum absolute atomic E-state index is 12.0. The van der Waals surface area contributed by atoms with Crippen molar-refractivity contribution in [2.24, 2.45) is 0 Å². The molecule has 1 aromatic rings. The number of rotatable bonds is 2. The Kier molecular flexibility index (Phi) is 4.72. The largest absolute Gasteiger partial charge is 0.512 e. The number of ether oxygens (including phenoxy) is 5. The Hall–Kier alpha value is -2.90. The number of carbonyl (C=O) groups excluding carboxylic acids is 2. The highest BCUT2D eigenvalue weighted by molar-refractivity contribution is 5.91. The van der Waals surface area contributed by atoms with Crippen LogP contribution in [0.15, 0.2) is 24.5 Å². The van der Waals surface area contributed by atoms with Gasteiger partial charge in [0.05, 0.1) is 33.3 Å². The highest BCUT2D eigenvalue weighted by Crippen LogP contribution is 2.31. The zero-order chi connectivity index (χ0) is 16.1. The minimum atomic E-state index is -1.36. The van der Waals surface area contributed by atoms with E-state index >= 15 is 0 Å². The predicted octanol–water partition coefficient (Wildman–Crippen LogP) is 2.34. The summed E-state index contributed by atoms with van der Waals surface area (Å²) < 4.78 is 24.4. The van der Waals surface area contributed by atoms with E-state index in [2.05, 4.69) is 4.74 Å². The Labute approximate surface area is 126 Å². The number of benzene rings is 1. The van der Waals surface area contributed by atoms with Crippen molar-refractivity contribution >= 4 is 24.0 Å². The van der Waals surface area contributed by atoms with Crippen molar-refractivity contribution in [3.05, 3.63) is 30.0 Å². The fraction of sp³-hybridized carbons (Fsp3) is 0.286. The van der Waals surface area contributed by atoms with Gasteiger partial charge < -0.3 is 23.7 Å². The highest BCUT2D eigenvalue weighted by atomic mass is 16.8. The summed E-state index contributed by atoms with van der Waals surface area (Å²) in [6.45, 7) is 0. The van der Waals surface area contributed by atoms with Gasteiger partial charge in [0, 0.05) is 5.56 Å². The van der Waals surface area contributed by atoms with Crippen molar-refractivity contribution in [1.29, 1.82) is 0 Å². The molecule has 0 saturated carbocycles. The Morgan fingerprint density at radius 3 is 2.59 bits per heavy atom. The summed E-state index contributed by atoms with van der Waals surface area (Å²) in [7, 11) is 3.88. The second-order valence-corrected chi connectivity index (χ2v) is 4.08. The molecule has 0 spiro atoms. The highest BCUT2D eigenvalue weighted by Gasteiger charge is 2.33. The first-order valence-electron chi connectivity index (χ1n) is 6.22. The quantitative estimate of drug-likeness (QED) is 0.775. The first-order valence-corrected chi connectivity index (χ1v) is 6.22. The van der Waals surface area contributed by atoms with Gasteiger partial charge in [0.1, 0.15) is 5.75 Å². The third-order valence-electron chi connectivity index (χ3n) is 2.88. The van der Waals surface area contributed by atoms with Gasteiger partial charge in [-0.05, 0) is 24.3 Å². The fourth-order valence-electron chi connectivity index (χ4n) is 1.86. The van der Waals surface area contributed by atoms with Crippen LogP contribution in [-0.2, 0) is 18.9 Å². The summed E-state index contributed by atoms with van der Waals surface area (Å²) in [5, 5.41) is 0. The topological polar surface area (TPSA) is 83.5 Å². The van der Waals surface area contributed by atoms with Gasteiger partial charge in [-0.15, -0.1) is 0 Å². The summed E-state index contributed by atoms with van der Waals surface area (Å²) in [5.41, 5.74) is 1.05. The molecule has 22 heavy (non-hydrogen) atoms. The number of hydrogen-bond acceptors (Lipinski definition) is 7. The molecule has 1 amide bonds. The van der Waals surface area contributed by atoms with Gasteiger partial charge >= 0.3 is 18.7 Å². The average Bonchev–Trinajstić information content (AvgIpc) is 2.72. The normalized spacial score (nSPS) is 16.0. The number of nitrogens with zero attached hydrogens (tertiary/aromatic N) is 1. The lowest BCUT2D eigenvalue weighted by atomic mass is 10.1. The summed E-state index contributed by atoms with van der Waals surface area (Å²) in [4.78, 5) is 24.4. The van der Waals surface area contributed by atoms with E-state index in [1.165, 1.54) is 20.5 Å². The minimum absolute atomic E-state index is 0.426. The molecule has 0 N–H and O–H groups in total. The second-order valence-electron chi connectivity index (χ2n) is 4.08. The molecule has 0 bridgehead atoms. The zero-order valence-corrected chi connectivity index (χ0v) is 12.3. The van der Waals surface area contributed by atoms with Crippen LogP contribution in [0.25, 0.3) is 6.08 Å². The fourth-order valence-corrected chi connectivity index (χ4v) is 1.86. The Morgan fingerprint density at radius 2 is 1.95 bits per heavy atom. The molecular formula is C14H15NO7. The molecule has 8 nitrogen and oxygen atoms in total. The van der Waals surface area contributed by atoms with Gasteiger partial charge in [0.2, 0.25) is 0 Å². The van der Waals surface area contributed by atoms with Gasteiger partial charge in [-0.25, -0.2) is 14.5 Å². The lowest BCUT2D eigenvalue weighted by molar-refractivity contribution is -0.0795. The van der Waals surface area contributed by atoms with Crippen LogP contribution in [0.4, 0.5) is 15.3 Å². The van der Waals surface area contributed by atoms with E-state index in [1.54, 1.807) is 24.3 Å². The van der Waals surface area contributed by atoms with Gasteiger partial charge in [-0.1, -0.05) is 0 Å². The molecule has 0 saturated heterocycles. The summed E-state index contributed by atoms with van der Waals surface area (Å²) >= 11 is 0. The molecule has 1 aromatic carbocycles. The molecule has 8 heteroatoms. The van der Waals surface area contributed by atoms with Crippen LogP contribution in [0.3, 0.4) is 0 Å². The number of carbonyl (C=O) groups is 2. The van der Waals surface area contributed by atoms with Crippen molar-refractivity contribution in [3.8, 4) is 5.75 Å². The molecule has 0 fully saturated rings. The van der Waals surface area contributed by atoms with Crippen LogP contribution < -0.4 is 9.64 Å². The zero-order valence-electron chi connectivity index (χ0n) is 12.3. The van der Waals surface area contributed by atoms with E-state index in [1.807, 2.05) is 0 Å². The Morgan fingerprint density at radius 1 is 1.18 bits per heavy atom. The maximum atomic E-state index is 12.0. The van der Waals surface area contributed by atoms with Crippen LogP contribution >= 0.6 is 0 Å². The molecule has 0 aliphatic carbocycles. The van der Waals surface area contributed by atoms with Crippen molar-refractivity contribution in [3.63, 3.8) is 0 Å². The third-order valence-corrected chi connectivity index (χ3v) is 2.88. The van der Waals surface area contributed by atoms with Crippen molar-refractivity contribution in [2.75, 3.05) is 26.2 Å². The van der Waals surface area contributed by atoms with Crippen molar-refractivity contribution in [2.45, 2.75) is 6.41 Å². The molecule has 1 unspecified atom stereocenters. The molecule has 118 valence electrons. The predicted molar refractivity (Wildman–Crippen MR) is 75.3 cm³/mol. The van der Waals surface area contributed by atoms with Crippen molar-refractivity contribution in [1.82, 2.24) is 0 Å². The number of fused-ring (bicyclic) bond motifs is 1. The van der Waals surface area contributed by atoms with Gasteiger partial charge in [-0.2, -0.15) is 0 Å². The molecule has 1 aliphatic rings. The van der Waals surface area contributed by atoms with Gasteiger partial charge in [0.15, 0.2) is 0 Å². The van der Waals surface area contributed by atoms with Crippen LogP contribution in [-0.4, -0.2) is 40.0 Å². The van der Waals surface area contributed by atoms with Gasteiger partial charge in [-0.3, -0.25) is 0 Å². The van der Waals surface area contributed by atoms with E-state index < -0.39 is 18.7 Å². The lowest BCUT2D eigenvalue weighted by Crippen LogP contribution is -2.44. The number of methoxy groups -OCH3 is 3. The Balaban J connectivity index is 2.44. The molecule has 1 heterocycles. The molecule has 0 aromatic heterocycles. The molecule has 1 atom stereocenters. The van der Waals surface area contributed by atoms with E-state index in [4.69, 9.17) is 18.9 Å². The molecule has 0 radical (unpaired) electrons. The summed E-state index contributed by atoms with van der Waals surface area (Å²) in [6, 6.07) is 4.98. The molecule has 1 aliphatic heterocycles. The number of amides is 1. The van der Waals surface area contributed by atoms with Gasteiger partial charge in [0.25, 0.3) is 0 Å². The second kappa shape index (κ2) is 6.70. The minimum Gasteiger partial charge on any atom is -0.497 e.